The van der Waals surface area contributed by atoms with E-state index in [1.54, 1.807) is 12.1 Å². The smallest absolute Gasteiger partial charge is 0.228 e. The van der Waals surface area contributed by atoms with Gasteiger partial charge in [0.1, 0.15) is 5.75 Å². The van der Waals surface area contributed by atoms with Gasteiger partial charge in [0.2, 0.25) is 5.91 Å². The fourth-order valence-electron chi connectivity index (χ4n) is 4.49. The summed E-state index contributed by atoms with van der Waals surface area (Å²) >= 11 is 5.75. The van der Waals surface area contributed by atoms with Gasteiger partial charge in [0.15, 0.2) is 0 Å². The van der Waals surface area contributed by atoms with Crippen molar-refractivity contribution in [3.8, 4) is 5.75 Å². The molecule has 0 aromatic heterocycles. The van der Waals surface area contributed by atoms with Crippen LogP contribution in [-0.2, 0) is 4.79 Å². The van der Waals surface area contributed by atoms with Gasteiger partial charge in [-0.3, -0.25) is 4.79 Å². The van der Waals surface area contributed by atoms with Gasteiger partial charge in [-0.25, -0.2) is 0 Å². The minimum atomic E-state index is 0.00975. The lowest BCUT2D eigenvalue weighted by atomic mass is 10.0. The molecule has 0 saturated heterocycles. The van der Waals surface area contributed by atoms with Crippen LogP contribution in [0.4, 0.5) is 5.69 Å². The number of hydrogen-bond donors (Lipinski definition) is 2. The molecule has 1 amide bonds. The van der Waals surface area contributed by atoms with Gasteiger partial charge in [-0.2, -0.15) is 0 Å². The van der Waals surface area contributed by atoms with Gasteiger partial charge in [-0.05, 0) is 55.1 Å². The van der Waals surface area contributed by atoms with Gasteiger partial charge in [-0.1, -0.05) is 11.6 Å². The molecule has 0 heterocycles. The third kappa shape index (κ3) is 1.68. The van der Waals surface area contributed by atoms with E-state index in [2.05, 4.69) is 5.32 Å². The van der Waals surface area contributed by atoms with E-state index in [-0.39, 0.29) is 17.6 Å². The Labute approximate surface area is 117 Å². The molecule has 4 heteroatoms. The summed E-state index contributed by atoms with van der Waals surface area (Å²) in [6.45, 7) is 0. The summed E-state index contributed by atoms with van der Waals surface area (Å²) in [5.41, 5.74) is 0.629. The second kappa shape index (κ2) is 3.89. The number of halogens is 1. The van der Waals surface area contributed by atoms with Crippen LogP contribution in [0.2, 0.25) is 5.02 Å². The van der Waals surface area contributed by atoms with Crippen molar-refractivity contribution in [2.75, 3.05) is 5.32 Å². The summed E-state index contributed by atoms with van der Waals surface area (Å²) in [7, 11) is 0. The van der Waals surface area contributed by atoms with Crippen LogP contribution in [0.5, 0.6) is 5.75 Å². The van der Waals surface area contributed by atoms with E-state index in [0.717, 1.165) is 11.8 Å². The van der Waals surface area contributed by atoms with Crippen molar-refractivity contribution in [3.05, 3.63) is 23.2 Å². The Hall–Kier alpha value is -1.22. The monoisotopic (exact) mass is 277 g/mol. The van der Waals surface area contributed by atoms with E-state index in [0.29, 0.717) is 22.5 Å². The van der Waals surface area contributed by atoms with Crippen molar-refractivity contribution in [2.45, 2.75) is 19.3 Å². The number of nitrogens with one attached hydrogen (secondary N) is 1. The summed E-state index contributed by atoms with van der Waals surface area (Å²) in [6, 6.07) is 4.84. The first-order valence-corrected chi connectivity index (χ1v) is 7.32. The number of anilines is 1. The van der Waals surface area contributed by atoms with Gasteiger partial charge in [0, 0.05) is 17.7 Å². The number of phenolic OH excluding ortho intramolecular Hbond substituents is 1. The maximum absolute atomic E-state index is 12.3. The zero-order valence-corrected chi connectivity index (χ0v) is 11.2. The van der Waals surface area contributed by atoms with Crippen molar-refractivity contribution >= 4 is 23.2 Å². The van der Waals surface area contributed by atoms with Crippen molar-refractivity contribution in [2.24, 2.45) is 29.6 Å². The maximum atomic E-state index is 12.3. The molecule has 4 unspecified atom stereocenters. The molecule has 1 aromatic rings. The van der Waals surface area contributed by atoms with Crippen molar-refractivity contribution in [1.29, 1.82) is 0 Å². The number of fused-ring (bicyclic) bond motifs is 5. The molecule has 2 N–H and O–H groups in total. The lowest BCUT2D eigenvalue weighted by Crippen LogP contribution is -2.18. The number of carbonyl (C=O) groups is 1. The molecule has 3 nitrogen and oxygen atoms in total. The Morgan fingerprint density at radius 1 is 1.26 bits per heavy atom. The fourth-order valence-corrected chi connectivity index (χ4v) is 4.61. The van der Waals surface area contributed by atoms with E-state index >= 15 is 0 Å². The van der Waals surface area contributed by atoms with Crippen LogP contribution >= 0.6 is 11.6 Å². The van der Waals surface area contributed by atoms with Crippen molar-refractivity contribution < 1.29 is 9.90 Å². The number of amides is 1. The standard InChI is InChI=1S/C15H16ClNO2/c16-10-4-3-9(6-11(10)18)17-15(19)14-12-7-1-2-8(5-7)13(12)14/h3-4,6-8,12-14,18H,1-2,5H2,(H,17,19). The van der Waals surface area contributed by atoms with E-state index in [4.69, 9.17) is 11.6 Å². The van der Waals surface area contributed by atoms with Crippen LogP contribution in [0.1, 0.15) is 19.3 Å². The van der Waals surface area contributed by atoms with Crippen LogP contribution in [0.15, 0.2) is 18.2 Å². The summed E-state index contributed by atoms with van der Waals surface area (Å²) in [4.78, 5) is 12.3. The van der Waals surface area contributed by atoms with Crippen LogP contribution in [0.25, 0.3) is 0 Å². The van der Waals surface area contributed by atoms with Crippen molar-refractivity contribution in [1.82, 2.24) is 0 Å². The minimum absolute atomic E-state index is 0.00975. The highest BCUT2D eigenvalue weighted by molar-refractivity contribution is 6.32. The molecule has 3 aliphatic rings. The summed E-state index contributed by atoms with van der Waals surface area (Å²) in [5.74, 6) is 3.21. The first-order valence-electron chi connectivity index (χ1n) is 6.94. The SMILES string of the molecule is O=C(Nc1ccc(Cl)c(O)c1)C1C2C3CCC(C3)C12. The number of benzene rings is 1. The van der Waals surface area contributed by atoms with Gasteiger partial charge < -0.3 is 10.4 Å². The number of aromatic hydroxyl groups is 1. The van der Waals surface area contributed by atoms with E-state index in [1.165, 1.54) is 25.3 Å². The molecule has 3 aliphatic carbocycles. The fraction of sp³-hybridized carbons (Fsp3) is 0.533. The zero-order chi connectivity index (χ0) is 13.1. The number of rotatable bonds is 2. The lowest BCUT2D eigenvalue weighted by Gasteiger charge is -2.10. The summed E-state index contributed by atoms with van der Waals surface area (Å²) < 4.78 is 0. The molecular weight excluding hydrogens is 262 g/mol. The Morgan fingerprint density at radius 2 is 1.95 bits per heavy atom. The second-order valence-corrected chi connectivity index (χ2v) is 6.58. The molecule has 2 bridgehead atoms. The molecule has 4 rings (SSSR count). The molecule has 3 fully saturated rings. The largest absolute Gasteiger partial charge is 0.506 e. The van der Waals surface area contributed by atoms with Crippen LogP contribution in [-0.4, -0.2) is 11.0 Å². The molecule has 1 aromatic carbocycles. The van der Waals surface area contributed by atoms with E-state index < -0.39 is 0 Å². The Kier molecular flexibility index (Phi) is 2.37. The van der Waals surface area contributed by atoms with Gasteiger partial charge in [0.25, 0.3) is 0 Å². The average Bonchev–Trinajstić information content (AvgIpc) is 2.83. The predicted molar refractivity (Wildman–Crippen MR) is 73.0 cm³/mol. The number of phenols is 1. The third-order valence-corrected chi connectivity index (χ3v) is 5.57. The molecular formula is C15H16ClNO2. The molecule has 3 saturated carbocycles. The lowest BCUT2D eigenvalue weighted by molar-refractivity contribution is -0.118. The number of hydrogen-bond acceptors (Lipinski definition) is 2. The molecule has 0 radical (unpaired) electrons. The zero-order valence-electron chi connectivity index (χ0n) is 10.5. The molecule has 19 heavy (non-hydrogen) atoms. The molecule has 0 spiro atoms. The van der Waals surface area contributed by atoms with Crippen molar-refractivity contribution in [3.63, 3.8) is 0 Å². The number of carbonyl (C=O) groups excluding carboxylic acids is 1. The highest BCUT2D eigenvalue weighted by Gasteiger charge is 2.67. The minimum Gasteiger partial charge on any atom is -0.506 e. The Morgan fingerprint density at radius 3 is 2.58 bits per heavy atom. The molecule has 4 atom stereocenters. The highest BCUT2D eigenvalue weighted by atomic mass is 35.5. The van der Waals surface area contributed by atoms with Gasteiger partial charge in [-0.15, -0.1) is 0 Å². The average molecular weight is 278 g/mol. The van der Waals surface area contributed by atoms with Crippen LogP contribution in [0.3, 0.4) is 0 Å². The predicted octanol–water partition coefficient (Wildman–Crippen LogP) is 3.28. The first kappa shape index (κ1) is 11.6. The summed E-state index contributed by atoms with van der Waals surface area (Å²) in [5, 5.41) is 12.8. The quantitative estimate of drug-likeness (QED) is 0.872. The Bertz CT molecular complexity index is 543. The normalized spacial score (nSPS) is 38.1. The molecule has 0 aliphatic heterocycles. The van der Waals surface area contributed by atoms with Crippen LogP contribution < -0.4 is 5.32 Å². The van der Waals surface area contributed by atoms with Gasteiger partial charge >= 0.3 is 0 Å². The first-order chi connectivity index (χ1) is 9.15. The highest BCUT2D eigenvalue weighted by Crippen LogP contribution is 2.69. The topological polar surface area (TPSA) is 49.3 Å². The van der Waals surface area contributed by atoms with E-state index in [1.807, 2.05) is 0 Å². The van der Waals surface area contributed by atoms with E-state index in [9.17, 15) is 9.90 Å². The van der Waals surface area contributed by atoms with Gasteiger partial charge in [0.05, 0.1) is 5.02 Å². The Balaban J connectivity index is 1.47. The second-order valence-electron chi connectivity index (χ2n) is 6.17. The molecule has 100 valence electrons. The maximum Gasteiger partial charge on any atom is 0.228 e. The summed E-state index contributed by atoms with van der Waals surface area (Å²) in [6.07, 6.45) is 3.98. The van der Waals surface area contributed by atoms with Crippen LogP contribution in [0, 0.1) is 29.6 Å². The third-order valence-electron chi connectivity index (χ3n) is 5.25.